The van der Waals surface area contributed by atoms with E-state index in [1.807, 2.05) is 13.0 Å². The molecule has 0 saturated heterocycles. The molecule has 0 bridgehead atoms. The fraction of sp³-hybridized carbons (Fsp3) is 0.556. The molecule has 2 atom stereocenters. The monoisotopic (exact) mass is 253 g/mol. The number of aliphatic hydroxyl groups excluding tert-OH is 1. The summed E-state index contributed by atoms with van der Waals surface area (Å²) in [6, 6.07) is 1.97. The second-order valence-electron chi connectivity index (χ2n) is 3.26. The zero-order chi connectivity index (χ0) is 10.7. The van der Waals surface area contributed by atoms with E-state index in [-0.39, 0.29) is 12.1 Å². The van der Waals surface area contributed by atoms with Crippen LogP contribution in [0, 0.1) is 0 Å². The molecule has 1 aromatic rings. The van der Waals surface area contributed by atoms with Crippen molar-refractivity contribution in [1.82, 2.24) is 5.32 Å². The molecule has 0 amide bonds. The van der Waals surface area contributed by atoms with Crippen LogP contribution in [0.1, 0.15) is 25.5 Å². The van der Waals surface area contributed by atoms with Crippen LogP contribution >= 0.6 is 34.5 Å². The number of aliphatic hydroxyl groups is 1. The van der Waals surface area contributed by atoms with Crippen molar-refractivity contribution in [2.75, 3.05) is 6.54 Å². The van der Waals surface area contributed by atoms with Gasteiger partial charge in [0.15, 0.2) is 0 Å². The molecule has 1 heterocycles. The molecular formula is C9H13Cl2NOS. The van der Waals surface area contributed by atoms with Crippen molar-refractivity contribution in [3.05, 3.63) is 20.3 Å². The normalized spacial score (nSPS) is 15.5. The van der Waals surface area contributed by atoms with Gasteiger partial charge in [0.1, 0.15) is 0 Å². The lowest BCUT2D eigenvalue weighted by atomic mass is 10.2. The van der Waals surface area contributed by atoms with Crippen LogP contribution in [0.2, 0.25) is 8.67 Å². The molecule has 0 aliphatic heterocycles. The maximum atomic E-state index is 9.10. The van der Waals surface area contributed by atoms with E-state index in [4.69, 9.17) is 28.3 Å². The maximum absolute atomic E-state index is 9.10. The number of thiophene rings is 1. The van der Waals surface area contributed by atoms with Gasteiger partial charge in [-0.15, -0.1) is 11.3 Å². The highest BCUT2D eigenvalue weighted by Crippen LogP contribution is 2.34. The number of hydrogen-bond acceptors (Lipinski definition) is 3. The van der Waals surface area contributed by atoms with Crippen molar-refractivity contribution >= 4 is 34.5 Å². The Morgan fingerprint density at radius 1 is 1.50 bits per heavy atom. The molecule has 0 spiro atoms. The minimum Gasteiger partial charge on any atom is -0.392 e. The maximum Gasteiger partial charge on any atom is 0.0991 e. The summed E-state index contributed by atoms with van der Waals surface area (Å²) in [5.41, 5.74) is 0.988. The van der Waals surface area contributed by atoms with E-state index in [2.05, 4.69) is 5.32 Å². The molecule has 80 valence electrons. The lowest BCUT2D eigenvalue weighted by molar-refractivity contribution is 0.187. The van der Waals surface area contributed by atoms with Gasteiger partial charge in [-0.05, 0) is 25.5 Å². The van der Waals surface area contributed by atoms with Gasteiger partial charge in [0.05, 0.1) is 14.8 Å². The van der Waals surface area contributed by atoms with Crippen LogP contribution in [0.25, 0.3) is 0 Å². The van der Waals surface area contributed by atoms with Gasteiger partial charge in [0, 0.05) is 12.6 Å². The van der Waals surface area contributed by atoms with Crippen molar-refractivity contribution in [3.63, 3.8) is 0 Å². The van der Waals surface area contributed by atoms with E-state index in [1.54, 1.807) is 6.92 Å². The smallest absolute Gasteiger partial charge is 0.0991 e. The highest BCUT2D eigenvalue weighted by Gasteiger charge is 2.13. The molecule has 0 saturated carbocycles. The first-order chi connectivity index (χ1) is 6.50. The zero-order valence-corrected chi connectivity index (χ0v) is 10.4. The molecule has 0 fully saturated rings. The predicted molar refractivity (Wildman–Crippen MR) is 62.4 cm³/mol. The summed E-state index contributed by atoms with van der Waals surface area (Å²) in [4.78, 5) is 0. The molecule has 2 N–H and O–H groups in total. The van der Waals surface area contributed by atoms with Crippen LogP contribution in [0.3, 0.4) is 0 Å². The topological polar surface area (TPSA) is 32.3 Å². The average Bonchev–Trinajstić information content (AvgIpc) is 2.41. The Balaban J connectivity index is 2.60. The van der Waals surface area contributed by atoms with Crippen molar-refractivity contribution in [3.8, 4) is 0 Å². The first-order valence-electron chi connectivity index (χ1n) is 4.37. The predicted octanol–water partition coefficient (Wildman–Crippen LogP) is 3.09. The van der Waals surface area contributed by atoms with Gasteiger partial charge in [-0.1, -0.05) is 23.2 Å². The number of halogens is 2. The quantitative estimate of drug-likeness (QED) is 0.865. The second-order valence-corrected chi connectivity index (χ2v) is 5.54. The number of rotatable bonds is 4. The number of nitrogens with one attached hydrogen (secondary N) is 1. The SMILES string of the molecule is CC(O)CNC(C)c1cc(Cl)sc1Cl. The summed E-state index contributed by atoms with van der Waals surface area (Å²) in [6.45, 7) is 4.28. The minimum atomic E-state index is -0.356. The van der Waals surface area contributed by atoms with Gasteiger partial charge in [0.25, 0.3) is 0 Å². The van der Waals surface area contributed by atoms with Crippen molar-refractivity contribution < 1.29 is 5.11 Å². The van der Waals surface area contributed by atoms with E-state index >= 15 is 0 Å². The fourth-order valence-electron chi connectivity index (χ4n) is 1.11. The summed E-state index contributed by atoms with van der Waals surface area (Å²) in [5, 5.41) is 12.3. The molecule has 14 heavy (non-hydrogen) atoms. The third-order valence-corrected chi connectivity index (χ3v) is 3.39. The molecule has 0 aliphatic rings. The van der Waals surface area contributed by atoms with Crippen LogP contribution in [-0.4, -0.2) is 17.8 Å². The molecular weight excluding hydrogens is 241 g/mol. The highest BCUT2D eigenvalue weighted by atomic mass is 35.5. The Kier molecular flexibility index (Phi) is 4.67. The van der Waals surface area contributed by atoms with Crippen LogP contribution in [-0.2, 0) is 0 Å². The fourth-order valence-corrected chi connectivity index (χ4v) is 2.75. The van der Waals surface area contributed by atoms with Crippen molar-refractivity contribution in [2.24, 2.45) is 0 Å². The lowest BCUT2D eigenvalue weighted by Crippen LogP contribution is -2.26. The van der Waals surface area contributed by atoms with Gasteiger partial charge >= 0.3 is 0 Å². The van der Waals surface area contributed by atoms with E-state index in [0.29, 0.717) is 15.2 Å². The third kappa shape index (κ3) is 3.41. The van der Waals surface area contributed by atoms with E-state index in [1.165, 1.54) is 11.3 Å². The molecule has 1 rings (SSSR count). The van der Waals surface area contributed by atoms with Gasteiger partial charge in [-0.2, -0.15) is 0 Å². The first kappa shape index (κ1) is 12.3. The summed E-state index contributed by atoms with van der Waals surface area (Å²) in [7, 11) is 0. The standard InChI is InChI=1S/C9H13Cl2NOS/c1-5(13)4-12-6(2)7-3-8(10)14-9(7)11/h3,5-6,12-13H,4H2,1-2H3. The highest BCUT2D eigenvalue weighted by molar-refractivity contribution is 7.20. The second kappa shape index (κ2) is 5.33. The molecule has 0 aromatic carbocycles. The van der Waals surface area contributed by atoms with Crippen LogP contribution < -0.4 is 5.32 Å². The zero-order valence-electron chi connectivity index (χ0n) is 8.05. The minimum absolute atomic E-state index is 0.112. The summed E-state index contributed by atoms with van der Waals surface area (Å²) in [6.07, 6.45) is -0.356. The number of hydrogen-bond donors (Lipinski definition) is 2. The van der Waals surface area contributed by atoms with Crippen molar-refractivity contribution in [2.45, 2.75) is 26.0 Å². The third-order valence-electron chi connectivity index (χ3n) is 1.87. The Bertz CT molecular complexity index is 301. The first-order valence-corrected chi connectivity index (χ1v) is 5.94. The van der Waals surface area contributed by atoms with E-state index in [0.717, 1.165) is 5.56 Å². The van der Waals surface area contributed by atoms with E-state index < -0.39 is 0 Å². The van der Waals surface area contributed by atoms with Crippen molar-refractivity contribution in [1.29, 1.82) is 0 Å². The molecule has 2 nitrogen and oxygen atoms in total. The van der Waals surface area contributed by atoms with Gasteiger partial charge in [-0.3, -0.25) is 0 Å². The molecule has 0 aliphatic carbocycles. The molecule has 1 aromatic heterocycles. The molecule has 0 radical (unpaired) electrons. The van der Waals surface area contributed by atoms with Crippen LogP contribution in [0.15, 0.2) is 6.07 Å². The van der Waals surface area contributed by atoms with Crippen LogP contribution in [0.4, 0.5) is 0 Å². The largest absolute Gasteiger partial charge is 0.392 e. The van der Waals surface area contributed by atoms with E-state index in [9.17, 15) is 0 Å². The summed E-state index contributed by atoms with van der Waals surface area (Å²) in [5.74, 6) is 0. The Hall–Kier alpha value is 0.200. The molecule has 2 unspecified atom stereocenters. The Labute approximate surface area is 97.8 Å². The van der Waals surface area contributed by atoms with Crippen LogP contribution in [0.5, 0.6) is 0 Å². The van der Waals surface area contributed by atoms with Gasteiger partial charge in [-0.25, -0.2) is 0 Å². The average molecular weight is 254 g/mol. The summed E-state index contributed by atoms with van der Waals surface area (Å²) < 4.78 is 1.40. The lowest BCUT2D eigenvalue weighted by Gasteiger charge is -2.14. The van der Waals surface area contributed by atoms with Gasteiger partial charge < -0.3 is 10.4 Å². The van der Waals surface area contributed by atoms with Gasteiger partial charge in [0.2, 0.25) is 0 Å². The summed E-state index contributed by atoms with van der Waals surface area (Å²) >= 11 is 13.2. The Morgan fingerprint density at radius 2 is 2.14 bits per heavy atom. The molecule has 5 heteroatoms. The Morgan fingerprint density at radius 3 is 2.57 bits per heavy atom.